The van der Waals surface area contributed by atoms with Crippen LogP contribution in [0, 0.1) is 23.2 Å². The van der Waals surface area contributed by atoms with Crippen molar-refractivity contribution in [1.29, 1.82) is 5.26 Å². The Bertz CT molecular complexity index is 1130. The van der Waals surface area contributed by atoms with Crippen molar-refractivity contribution in [3.05, 3.63) is 71.3 Å². The van der Waals surface area contributed by atoms with Crippen molar-refractivity contribution in [2.24, 2.45) is 11.8 Å². The number of likely N-dealkylation sites (tertiary alicyclic amines) is 1. The van der Waals surface area contributed by atoms with Crippen LogP contribution in [0.25, 0.3) is 0 Å². The Morgan fingerprint density at radius 2 is 1.82 bits per heavy atom. The Hall–Kier alpha value is -3.54. The predicted molar refractivity (Wildman–Crippen MR) is 122 cm³/mol. The number of carbonyl (C=O) groups is 3. The van der Waals surface area contributed by atoms with Gasteiger partial charge in [0.1, 0.15) is 5.54 Å². The van der Waals surface area contributed by atoms with Gasteiger partial charge in [0.25, 0.3) is 0 Å². The summed E-state index contributed by atoms with van der Waals surface area (Å²) in [5, 5.41) is 23.3. The lowest BCUT2D eigenvalue weighted by Crippen LogP contribution is -2.57. The number of nitrogens with one attached hydrogen (secondary N) is 1. The number of aliphatic carboxylic acids is 1. The predicted octanol–water partition coefficient (Wildman–Crippen LogP) is 2.30. The molecule has 4 unspecified atom stereocenters. The van der Waals surface area contributed by atoms with Crippen molar-refractivity contribution in [2.45, 2.75) is 31.3 Å². The first-order valence-electron chi connectivity index (χ1n) is 11.4. The van der Waals surface area contributed by atoms with E-state index in [-0.39, 0.29) is 19.6 Å². The van der Waals surface area contributed by atoms with Crippen LogP contribution in [0.2, 0.25) is 0 Å². The fourth-order valence-electron chi connectivity index (χ4n) is 5.18. The third-order valence-corrected chi connectivity index (χ3v) is 6.68. The second-order valence-corrected chi connectivity index (χ2v) is 8.70. The number of rotatable bonds is 9. The first-order chi connectivity index (χ1) is 16.4. The summed E-state index contributed by atoms with van der Waals surface area (Å²) in [5.41, 5.74) is -0.119. The molecule has 2 amide bonds. The first kappa shape index (κ1) is 23.6. The molecule has 2 aromatic rings. The van der Waals surface area contributed by atoms with Gasteiger partial charge in [-0.2, -0.15) is 5.26 Å². The van der Waals surface area contributed by atoms with Gasteiger partial charge in [-0.25, -0.2) is 0 Å². The molecule has 0 saturated carbocycles. The monoisotopic (exact) mass is 461 g/mol. The van der Waals surface area contributed by atoms with E-state index in [4.69, 9.17) is 4.74 Å². The van der Waals surface area contributed by atoms with Crippen LogP contribution in [0.5, 0.6) is 0 Å². The highest BCUT2D eigenvalue weighted by Gasteiger charge is 2.68. The summed E-state index contributed by atoms with van der Waals surface area (Å²) in [6, 6.07) is 17.2. The van der Waals surface area contributed by atoms with E-state index in [1.165, 1.54) is 0 Å². The van der Waals surface area contributed by atoms with Crippen molar-refractivity contribution in [2.75, 3.05) is 19.8 Å². The van der Waals surface area contributed by atoms with Gasteiger partial charge < -0.3 is 9.84 Å². The van der Waals surface area contributed by atoms with Crippen LogP contribution in [-0.4, -0.2) is 53.1 Å². The molecule has 2 saturated heterocycles. The number of amides is 2. The Labute approximate surface area is 198 Å². The largest absolute Gasteiger partial charge is 0.480 e. The molecule has 2 heterocycles. The summed E-state index contributed by atoms with van der Waals surface area (Å²) >= 11 is 0. The van der Waals surface area contributed by atoms with Crippen LogP contribution in [-0.2, 0) is 25.5 Å². The van der Waals surface area contributed by atoms with Crippen molar-refractivity contribution in [1.82, 2.24) is 10.2 Å². The summed E-state index contributed by atoms with van der Waals surface area (Å²) in [6.45, 7) is 2.73. The lowest BCUT2D eigenvalue weighted by molar-refractivity contribution is -0.151. The van der Waals surface area contributed by atoms with Crippen molar-refractivity contribution >= 4 is 17.8 Å². The highest BCUT2D eigenvalue weighted by atomic mass is 16.5. The molecule has 0 aromatic heterocycles. The number of ether oxygens (including phenoxy) is 1. The molecule has 8 heteroatoms. The van der Waals surface area contributed by atoms with Crippen LogP contribution in [0.3, 0.4) is 0 Å². The third kappa shape index (κ3) is 3.98. The minimum Gasteiger partial charge on any atom is -0.480 e. The number of fused-ring (bicyclic) bond motifs is 1. The average molecular weight is 462 g/mol. The maximum Gasteiger partial charge on any atom is 0.325 e. The topological polar surface area (TPSA) is 120 Å². The summed E-state index contributed by atoms with van der Waals surface area (Å²) in [5.74, 6) is -4.20. The highest BCUT2D eigenvalue weighted by molar-refractivity contribution is 6.09. The minimum absolute atomic E-state index is 0.0226. The lowest BCUT2D eigenvalue weighted by Gasteiger charge is -2.31. The molecule has 0 radical (unpaired) electrons. The molecule has 2 aromatic carbocycles. The van der Waals surface area contributed by atoms with E-state index in [1.54, 1.807) is 48.5 Å². The van der Waals surface area contributed by atoms with Crippen LogP contribution >= 0.6 is 0 Å². The average Bonchev–Trinajstić information content (AvgIpc) is 3.32. The van der Waals surface area contributed by atoms with Crippen molar-refractivity contribution in [3.8, 4) is 6.07 Å². The summed E-state index contributed by atoms with van der Waals surface area (Å²) in [4.78, 5) is 41.1. The van der Waals surface area contributed by atoms with Gasteiger partial charge in [0.2, 0.25) is 11.8 Å². The zero-order valence-corrected chi connectivity index (χ0v) is 18.9. The van der Waals surface area contributed by atoms with Crippen LogP contribution < -0.4 is 5.32 Å². The van der Waals surface area contributed by atoms with E-state index in [0.29, 0.717) is 17.7 Å². The van der Waals surface area contributed by atoms with Gasteiger partial charge in [-0.05, 0) is 23.6 Å². The molecule has 34 heavy (non-hydrogen) atoms. The molecular weight excluding hydrogens is 434 g/mol. The Balaban J connectivity index is 1.79. The second-order valence-electron chi connectivity index (χ2n) is 8.70. The fraction of sp³-hybridized carbons (Fsp3) is 0.385. The van der Waals surface area contributed by atoms with Crippen LogP contribution in [0.4, 0.5) is 0 Å². The van der Waals surface area contributed by atoms with Crippen molar-refractivity contribution < 1.29 is 24.2 Å². The number of hydrogen-bond donors (Lipinski definition) is 2. The molecule has 4 atom stereocenters. The maximum absolute atomic E-state index is 13.6. The van der Waals surface area contributed by atoms with Gasteiger partial charge in [-0.15, -0.1) is 0 Å². The minimum atomic E-state index is -1.70. The number of nitriles is 1. The second kappa shape index (κ2) is 9.75. The maximum atomic E-state index is 13.6. The summed E-state index contributed by atoms with van der Waals surface area (Å²) < 4.78 is 5.49. The Kier molecular flexibility index (Phi) is 6.77. The van der Waals surface area contributed by atoms with Gasteiger partial charge in [0.05, 0.1) is 36.6 Å². The molecule has 0 bridgehead atoms. The van der Waals surface area contributed by atoms with E-state index < -0.39 is 41.2 Å². The van der Waals surface area contributed by atoms with Gasteiger partial charge in [-0.3, -0.25) is 24.6 Å². The molecule has 0 aliphatic carbocycles. The number of hydrogen-bond acceptors (Lipinski definition) is 6. The van der Waals surface area contributed by atoms with Crippen LogP contribution in [0.1, 0.15) is 36.1 Å². The van der Waals surface area contributed by atoms with Gasteiger partial charge >= 0.3 is 5.97 Å². The highest BCUT2D eigenvalue weighted by Crippen LogP contribution is 2.50. The molecular formula is C26H27N3O5. The number of imide groups is 1. The normalized spacial score (nSPS) is 25.9. The molecule has 2 aliphatic heterocycles. The number of benzene rings is 2. The van der Waals surface area contributed by atoms with Gasteiger partial charge in [0, 0.05) is 19.1 Å². The van der Waals surface area contributed by atoms with E-state index in [2.05, 4.69) is 11.4 Å². The SMILES string of the molecule is CCCOCCN1C(=O)C2C(c3ccccc3C#N)NC(Cc3ccccc3)(C(=O)O)C2C1=O. The Morgan fingerprint density at radius 3 is 2.50 bits per heavy atom. The summed E-state index contributed by atoms with van der Waals surface area (Å²) in [7, 11) is 0. The van der Waals surface area contributed by atoms with Crippen molar-refractivity contribution in [3.63, 3.8) is 0 Å². The zero-order chi connectivity index (χ0) is 24.3. The smallest absolute Gasteiger partial charge is 0.325 e. The van der Waals surface area contributed by atoms with E-state index in [1.807, 2.05) is 13.0 Å². The molecule has 176 valence electrons. The number of nitrogens with zero attached hydrogens (tertiary/aromatic N) is 2. The Morgan fingerprint density at radius 1 is 1.12 bits per heavy atom. The quantitative estimate of drug-likeness (QED) is 0.434. The molecule has 0 spiro atoms. The lowest BCUT2D eigenvalue weighted by atomic mass is 9.76. The number of carboxylic acid groups (broad SMARTS) is 1. The fourth-order valence-corrected chi connectivity index (χ4v) is 5.18. The zero-order valence-electron chi connectivity index (χ0n) is 18.9. The van der Waals surface area contributed by atoms with E-state index in [9.17, 15) is 24.8 Å². The molecule has 2 N–H and O–H groups in total. The molecule has 8 nitrogen and oxygen atoms in total. The molecule has 2 fully saturated rings. The third-order valence-electron chi connectivity index (χ3n) is 6.68. The van der Waals surface area contributed by atoms with Gasteiger partial charge in [0.15, 0.2) is 0 Å². The standard InChI is InChI=1S/C26H27N3O5/c1-2-13-34-14-12-29-23(30)20-21(24(29)31)26(25(32)33,15-17-8-4-3-5-9-17)28-22(20)19-11-7-6-10-18(19)16-27/h3-11,20-22,28H,2,12-15H2,1H3,(H,32,33). The number of carbonyl (C=O) groups excluding carboxylic acids is 2. The van der Waals surface area contributed by atoms with Gasteiger partial charge in [-0.1, -0.05) is 55.5 Å². The summed E-state index contributed by atoms with van der Waals surface area (Å²) in [6.07, 6.45) is 0.831. The molecule has 2 aliphatic rings. The molecule has 4 rings (SSSR count). The number of carboxylic acids is 1. The van der Waals surface area contributed by atoms with E-state index in [0.717, 1.165) is 16.9 Å². The van der Waals surface area contributed by atoms with Crippen LogP contribution in [0.15, 0.2) is 54.6 Å². The van der Waals surface area contributed by atoms with E-state index >= 15 is 0 Å². The first-order valence-corrected chi connectivity index (χ1v) is 11.4.